The van der Waals surface area contributed by atoms with Crippen LogP contribution in [-0.2, 0) is 4.79 Å². The topological polar surface area (TPSA) is 29.1 Å². The van der Waals surface area contributed by atoms with E-state index >= 15 is 0 Å². The number of nitrogens with one attached hydrogen (secondary N) is 1. The van der Waals surface area contributed by atoms with Crippen LogP contribution in [0.1, 0.15) is 20.8 Å². The molecule has 0 bridgehead atoms. The van der Waals surface area contributed by atoms with E-state index in [-0.39, 0.29) is 0 Å². The summed E-state index contributed by atoms with van der Waals surface area (Å²) < 4.78 is 11.7. The summed E-state index contributed by atoms with van der Waals surface area (Å²) in [5.74, 6) is -0.894. The molecule has 10 heavy (non-hydrogen) atoms. The van der Waals surface area contributed by atoms with Crippen molar-refractivity contribution in [1.29, 1.82) is 0 Å². The van der Waals surface area contributed by atoms with Gasteiger partial charge in [-0.2, -0.15) is 0 Å². The normalized spacial score (nSPS) is 9.50. The Morgan fingerprint density at radius 1 is 1.50 bits per heavy atom. The second-order valence-corrected chi connectivity index (χ2v) is 1.35. The van der Waals surface area contributed by atoms with E-state index < -0.39 is 11.7 Å². The molecule has 0 aromatic heterocycles. The molecule has 60 valence electrons. The van der Waals surface area contributed by atoms with Crippen molar-refractivity contribution >= 4 is 5.91 Å². The average Bonchev–Trinajstić information content (AvgIpc) is 1.91. The zero-order valence-electron chi connectivity index (χ0n) is 6.86. The first-order valence-corrected chi connectivity index (χ1v) is 3.22. The van der Waals surface area contributed by atoms with Gasteiger partial charge in [0, 0.05) is 13.1 Å². The first-order valence-electron chi connectivity index (χ1n) is 3.22. The van der Waals surface area contributed by atoms with E-state index in [9.17, 15) is 9.18 Å². The number of allylic oxidation sites excluding steroid dienone is 1. The molecule has 1 N–H and O–H groups in total. The number of carbonyl (C=O) groups is 1. The molecule has 1 amide bonds. The molecule has 0 aromatic carbocycles. The van der Waals surface area contributed by atoms with Gasteiger partial charge in [-0.3, -0.25) is 4.79 Å². The summed E-state index contributed by atoms with van der Waals surface area (Å²) >= 11 is 0. The Kier molecular flexibility index (Phi) is 9.67. The number of hydrogen-bond acceptors (Lipinski definition) is 1. The Hall–Kier alpha value is -0.860. The fourth-order valence-corrected chi connectivity index (χ4v) is 0.253. The van der Waals surface area contributed by atoms with Crippen molar-refractivity contribution in [2.75, 3.05) is 7.05 Å². The lowest BCUT2D eigenvalue weighted by atomic mass is 10.5. The molecule has 0 radical (unpaired) electrons. The zero-order valence-corrected chi connectivity index (χ0v) is 6.86. The van der Waals surface area contributed by atoms with Crippen LogP contribution >= 0.6 is 0 Å². The van der Waals surface area contributed by atoms with Crippen molar-refractivity contribution in [3.63, 3.8) is 0 Å². The molecule has 0 fully saturated rings. The van der Waals surface area contributed by atoms with Gasteiger partial charge in [-0.1, -0.05) is 13.8 Å². The first kappa shape index (κ1) is 11.9. The predicted octanol–water partition coefficient (Wildman–Crippen LogP) is 1.63. The fourth-order valence-electron chi connectivity index (χ4n) is 0.253. The number of hydrogen-bond donors (Lipinski definition) is 1. The third kappa shape index (κ3) is 10.2. The molecule has 0 spiro atoms. The van der Waals surface area contributed by atoms with Gasteiger partial charge in [0.1, 0.15) is 5.83 Å². The van der Waals surface area contributed by atoms with Crippen LogP contribution in [-0.4, -0.2) is 13.0 Å². The van der Waals surface area contributed by atoms with Crippen LogP contribution in [0.4, 0.5) is 4.39 Å². The molecule has 0 aromatic rings. The summed E-state index contributed by atoms with van der Waals surface area (Å²) in [4.78, 5) is 10.2. The molecule has 0 saturated heterocycles. The molecule has 3 heteroatoms. The Morgan fingerprint density at radius 3 is 2.00 bits per heavy atom. The van der Waals surface area contributed by atoms with Crippen LogP contribution in [0.2, 0.25) is 0 Å². The number of carbonyl (C=O) groups excluding carboxylic acids is 1. The Balaban J connectivity index is 0. The number of likely N-dealkylation sites (N-methyl/N-ethyl adjacent to an activating group) is 1. The summed E-state index contributed by atoms with van der Waals surface area (Å²) in [5, 5.41) is 2.24. The zero-order chi connectivity index (χ0) is 8.57. The third-order valence-corrected chi connectivity index (χ3v) is 0.576. The molecule has 2 nitrogen and oxygen atoms in total. The molecule has 0 unspecified atom stereocenters. The molecular weight excluding hydrogens is 133 g/mol. The van der Waals surface area contributed by atoms with Crippen LogP contribution in [0.5, 0.6) is 0 Å². The van der Waals surface area contributed by atoms with Crippen LogP contribution < -0.4 is 5.32 Å². The number of rotatable bonds is 1. The SMILES string of the molecule is CC.CNC(=O)/C=C(\C)F. The lowest BCUT2D eigenvalue weighted by Crippen LogP contribution is -2.14. The van der Waals surface area contributed by atoms with Gasteiger partial charge in [-0.05, 0) is 6.92 Å². The van der Waals surface area contributed by atoms with E-state index in [1.165, 1.54) is 14.0 Å². The minimum atomic E-state index is -0.482. The molecule has 0 aliphatic carbocycles. The van der Waals surface area contributed by atoms with Gasteiger partial charge in [0.15, 0.2) is 0 Å². The maximum absolute atomic E-state index is 11.7. The van der Waals surface area contributed by atoms with Crippen molar-refractivity contribution < 1.29 is 9.18 Å². The van der Waals surface area contributed by atoms with E-state index in [0.29, 0.717) is 0 Å². The average molecular weight is 147 g/mol. The van der Waals surface area contributed by atoms with Gasteiger partial charge >= 0.3 is 0 Å². The van der Waals surface area contributed by atoms with E-state index in [2.05, 4.69) is 5.32 Å². The third-order valence-electron chi connectivity index (χ3n) is 0.576. The highest BCUT2D eigenvalue weighted by molar-refractivity contribution is 5.87. The van der Waals surface area contributed by atoms with Crippen molar-refractivity contribution in [3.05, 3.63) is 11.9 Å². The molecular formula is C7H14FNO. The molecule has 0 atom stereocenters. The van der Waals surface area contributed by atoms with Crippen LogP contribution in [0.15, 0.2) is 11.9 Å². The monoisotopic (exact) mass is 147 g/mol. The summed E-state index contributed by atoms with van der Waals surface area (Å²) in [5.41, 5.74) is 0. The predicted molar refractivity (Wildman–Crippen MR) is 40.3 cm³/mol. The largest absolute Gasteiger partial charge is 0.356 e. The Morgan fingerprint density at radius 2 is 1.90 bits per heavy atom. The number of halogens is 1. The van der Waals surface area contributed by atoms with E-state index in [1.54, 1.807) is 0 Å². The van der Waals surface area contributed by atoms with Crippen LogP contribution in [0.25, 0.3) is 0 Å². The quantitative estimate of drug-likeness (QED) is 0.561. The van der Waals surface area contributed by atoms with Crippen molar-refractivity contribution in [1.82, 2.24) is 5.32 Å². The molecule has 0 saturated carbocycles. The van der Waals surface area contributed by atoms with Gasteiger partial charge in [0.25, 0.3) is 0 Å². The standard InChI is InChI=1S/C5H8FNO.C2H6/c1-4(6)3-5(8)7-2;1-2/h3H,1-2H3,(H,7,8);1-2H3/b4-3+;. The van der Waals surface area contributed by atoms with Gasteiger partial charge in [-0.15, -0.1) is 0 Å². The van der Waals surface area contributed by atoms with Crippen molar-refractivity contribution in [2.24, 2.45) is 0 Å². The van der Waals surface area contributed by atoms with Gasteiger partial charge in [0.05, 0.1) is 0 Å². The van der Waals surface area contributed by atoms with Crippen molar-refractivity contribution in [2.45, 2.75) is 20.8 Å². The summed E-state index contributed by atoms with van der Waals surface area (Å²) in [6.45, 7) is 5.22. The minimum Gasteiger partial charge on any atom is -0.356 e. The Labute approximate surface area is 61.1 Å². The summed E-state index contributed by atoms with van der Waals surface area (Å²) in [7, 11) is 1.45. The highest BCUT2D eigenvalue weighted by atomic mass is 19.1. The Bertz CT molecular complexity index is 117. The number of amides is 1. The highest BCUT2D eigenvalue weighted by Crippen LogP contribution is 1.89. The summed E-state index contributed by atoms with van der Waals surface area (Å²) in [6.07, 6.45) is 0.889. The van der Waals surface area contributed by atoms with E-state index in [0.717, 1.165) is 6.08 Å². The second kappa shape index (κ2) is 8.14. The molecule has 0 rings (SSSR count). The lowest BCUT2D eigenvalue weighted by Gasteiger charge is -1.86. The van der Waals surface area contributed by atoms with Crippen LogP contribution in [0.3, 0.4) is 0 Å². The maximum Gasteiger partial charge on any atom is 0.246 e. The molecule has 0 aliphatic heterocycles. The van der Waals surface area contributed by atoms with E-state index in [1.807, 2.05) is 13.8 Å². The second-order valence-electron chi connectivity index (χ2n) is 1.35. The van der Waals surface area contributed by atoms with Crippen molar-refractivity contribution in [3.8, 4) is 0 Å². The minimum absolute atomic E-state index is 0.412. The van der Waals surface area contributed by atoms with Gasteiger partial charge in [0.2, 0.25) is 5.91 Å². The van der Waals surface area contributed by atoms with Crippen LogP contribution in [0, 0.1) is 0 Å². The molecule has 0 aliphatic rings. The van der Waals surface area contributed by atoms with Gasteiger partial charge in [-0.25, -0.2) is 4.39 Å². The first-order chi connectivity index (χ1) is 4.66. The summed E-state index contributed by atoms with van der Waals surface area (Å²) in [6, 6.07) is 0. The molecule has 0 heterocycles. The van der Waals surface area contributed by atoms with Gasteiger partial charge < -0.3 is 5.32 Å². The lowest BCUT2D eigenvalue weighted by molar-refractivity contribution is -0.116. The smallest absolute Gasteiger partial charge is 0.246 e. The maximum atomic E-state index is 11.7. The van der Waals surface area contributed by atoms with E-state index in [4.69, 9.17) is 0 Å². The fraction of sp³-hybridized carbons (Fsp3) is 0.571. The highest BCUT2D eigenvalue weighted by Gasteiger charge is 1.89.